The smallest absolute Gasteiger partial charge is 0.254 e. The first kappa shape index (κ1) is 17.8. The molecular formula is C17H25N3O2S. The normalized spacial score (nSPS) is 16.0. The molecule has 0 aromatic heterocycles. The molecule has 1 aliphatic heterocycles. The molecule has 6 heteroatoms. The third-order valence-electron chi connectivity index (χ3n) is 4.06. The van der Waals surface area contributed by atoms with Gasteiger partial charge in [0.25, 0.3) is 5.91 Å². The van der Waals surface area contributed by atoms with E-state index in [1.807, 2.05) is 42.6 Å². The van der Waals surface area contributed by atoms with Crippen molar-refractivity contribution >= 4 is 29.3 Å². The van der Waals surface area contributed by atoms with Gasteiger partial charge >= 0.3 is 0 Å². The summed E-state index contributed by atoms with van der Waals surface area (Å²) in [6.45, 7) is 5.42. The molecule has 1 saturated heterocycles. The molecule has 2 amide bonds. The van der Waals surface area contributed by atoms with Gasteiger partial charge in [0.1, 0.15) is 0 Å². The molecule has 0 radical (unpaired) electrons. The number of nitrogens with two attached hydrogens (primary N) is 1. The quantitative estimate of drug-likeness (QED) is 0.865. The first-order valence-electron chi connectivity index (χ1n) is 8.07. The van der Waals surface area contributed by atoms with E-state index >= 15 is 0 Å². The molecule has 23 heavy (non-hydrogen) atoms. The van der Waals surface area contributed by atoms with Gasteiger partial charge in [-0.15, -0.1) is 0 Å². The highest BCUT2D eigenvalue weighted by atomic mass is 32.2. The van der Waals surface area contributed by atoms with Gasteiger partial charge in [-0.05, 0) is 31.0 Å². The highest BCUT2D eigenvalue weighted by Gasteiger charge is 2.21. The van der Waals surface area contributed by atoms with Crippen LogP contribution in [0.1, 0.15) is 35.7 Å². The second kappa shape index (κ2) is 8.36. The first-order chi connectivity index (χ1) is 11.0. The minimum absolute atomic E-state index is 0.0387. The van der Waals surface area contributed by atoms with Crippen LogP contribution in [0.3, 0.4) is 0 Å². The Bertz CT molecular complexity index is 571. The first-order valence-corrected chi connectivity index (χ1v) is 9.23. The van der Waals surface area contributed by atoms with E-state index in [1.54, 1.807) is 6.07 Å². The lowest BCUT2D eigenvalue weighted by molar-refractivity contribution is -0.117. The average Bonchev–Trinajstić information content (AvgIpc) is 2.57. The predicted molar refractivity (Wildman–Crippen MR) is 95.9 cm³/mol. The summed E-state index contributed by atoms with van der Waals surface area (Å²) in [4.78, 5) is 26.7. The van der Waals surface area contributed by atoms with Crippen molar-refractivity contribution in [3.8, 4) is 0 Å². The standard InChI is InChI=1S/C17H25N3O2S/c1-3-5-14(18)16(21)19-15-7-4-6-13(12(15)2)17(22)20-8-10-23-11-9-20/h4,6-7,14H,3,5,8-11,18H2,1-2H3,(H,19,21). The molecule has 5 nitrogen and oxygen atoms in total. The Morgan fingerprint density at radius 2 is 2.04 bits per heavy atom. The zero-order chi connectivity index (χ0) is 16.8. The fourth-order valence-electron chi connectivity index (χ4n) is 2.61. The summed E-state index contributed by atoms with van der Waals surface area (Å²) < 4.78 is 0. The van der Waals surface area contributed by atoms with Crippen molar-refractivity contribution in [1.82, 2.24) is 4.90 Å². The summed E-state index contributed by atoms with van der Waals surface area (Å²) in [7, 11) is 0. The number of hydrogen-bond donors (Lipinski definition) is 2. The third kappa shape index (κ3) is 4.48. The lowest BCUT2D eigenvalue weighted by Gasteiger charge is -2.27. The number of benzene rings is 1. The Morgan fingerprint density at radius 3 is 2.70 bits per heavy atom. The average molecular weight is 335 g/mol. The molecule has 2 rings (SSSR count). The molecule has 1 atom stereocenters. The van der Waals surface area contributed by atoms with Crippen LogP contribution >= 0.6 is 11.8 Å². The molecule has 1 aliphatic rings. The summed E-state index contributed by atoms with van der Waals surface area (Å²) in [6, 6.07) is 4.92. The fourth-order valence-corrected chi connectivity index (χ4v) is 3.51. The molecule has 1 fully saturated rings. The number of nitrogens with zero attached hydrogens (tertiary/aromatic N) is 1. The Labute approximate surface area is 142 Å². The zero-order valence-electron chi connectivity index (χ0n) is 13.8. The summed E-state index contributed by atoms with van der Waals surface area (Å²) in [5.74, 6) is 1.80. The van der Waals surface area contributed by atoms with Gasteiger partial charge in [-0.3, -0.25) is 9.59 Å². The maximum atomic E-state index is 12.7. The minimum atomic E-state index is -0.516. The van der Waals surface area contributed by atoms with Crippen LogP contribution in [0.5, 0.6) is 0 Å². The van der Waals surface area contributed by atoms with E-state index in [0.29, 0.717) is 17.7 Å². The molecule has 1 heterocycles. The molecule has 0 aliphatic carbocycles. The van der Waals surface area contributed by atoms with Crippen LogP contribution < -0.4 is 11.1 Å². The van der Waals surface area contributed by atoms with Crippen LogP contribution in [-0.4, -0.2) is 47.4 Å². The number of carbonyl (C=O) groups excluding carboxylic acids is 2. The Kier molecular flexibility index (Phi) is 6.47. The molecule has 1 aromatic carbocycles. The van der Waals surface area contributed by atoms with E-state index in [9.17, 15) is 9.59 Å². The number of nitrogens with one attached hydrogen (secondary N) is 1. The minimum Gasteiger partial charge on any atom is -0.337 e. The van der Waals surface area contributed by atoms with E-state index in [2.05, 4.69) is 5.32 Å². The van der Waals surface area contributed by atoms with E-state index in [1.165, 1.54) is 0 Å². The van der Waals surface area contributed by atoms with Gasteiger partial charge in [-0.2, -0.15) is 11.8 Å². The van der Waals surface area contributed by atoms with Crippen molar-refractivity contribution in [2.75, 3.05) is 29.9 Å². The van der Waals surface area contributed by atoms with E-state index in [-0.39, 0.29) is 11.8 Å². The monoisotopic (exact) mass is 335 g/mol. The molecule has 126 valence electrons. The molecule has 0 bridgehead atoms. The van der Waals surface area contributed by atoms with Crippen molar-refractivity contribution < 1.29 is 9.59 Å². The van der Waals surface area contributed by atoms with Gasteiger partial charge < -0.3 is 16.0 Å². The SMILES string of the molecule is CCCC(N)C(=O)Nc1cccc(C(=O)N2CCSCC2)c1C. The number of carbonyl (C=O) groups is 2. The van der Waals surface area contributed by atoms with Crippen LogP contribution in [0.4, 0.5) is 5.69 Å². The largest absolute Gasteiger partial charge is 0.337 e. The van der Waals surface area contributed by atoms with Crippen LogP contribution in [0.2, 0.25) is 0 Å². The number of amides is 2. The fraction of sp³-hybridized carbons (Fsp3) is 0.529. The lowest BCUT2D eigenvalue weighted by atomic mass is 10.0. The number of hydrogen-bond acceptors (Lipinski definition) is 4. The Hall–Kier alpha value is -1.53. The van der Waals surface area contributed by atoms with Gasteiger partial charge in [0.15, 0.2) is 0 Å². The van der Waals surface area contributed by atoms with Gasteiger partial charge in [-0.1, -0.05) is 19.4 Å². The molecule has 3 N–H and O–H groups in total. The van der Waals surface area contributed by atoms with E-state index in [0.717, 1.165) is 36.6 Å². The highest BCUT2D eigenvalue weighted by Crippen LogP contribution is 2.22. The Balaban J connectivity index is 2.14. The third-order valence-corrected chi connectivity index (χ3v) is 5.00. The van der Waals surface area contributed by atoms with Crippen molar-refractivity contribution in [2.24, 2.45) is 5.73 Å². The van der Waals surface area contributed by atoms with Gasteiger partial charge in [0.05, 0.1) is 6.04 Å². The van der Waals surface area contributed by atoms with E-state index in [4.69, 9.17) is 5.73 Å². The molecule has 0 saturated carbocycles. The van der Waals surface area contributed by atoms with Crippen LogP contribution in [0, 0.1) is 6.92 Å². The summed E-state index contributed by atoms with van der Waals surface area (Å²) in [5.41, 5.74) is 7.97. The summed E-state index contributed by atoms with van der Waals surface area (Å²) in [5, 5.41) is 2.85. The second-order valence-electron chi connectivity index (χ2n) is 5.77. The maximum Gasteiger partial charge on any atom is 0.254 e. The van der Waals surface area contributed by atoms with Crippen molar-refractivity contribution in [2.45, 2.75) is 32.7 Å². The van der Waals surface area contributed by atoms with Crippen LogP contribution in [0.25, 0.3) is 0 Å². The zero-order valence-corrected chi connectivity index (χ0v) is 14.6. The van der Waals surface area contributed by atoms with Gasteiger partial charge in [0, 0.05) is 35.8 Å². The predicted octanol–water partition coefficient (Wildman–Crippen LogP) is 2.25. The molecule has 1 unspecified atom stereocenters. The number of rotatable bonds is 5. The molecule has 1 aromatic rings. The van der Waals surface area contributed by atoms with Gasteiger partial charge in [-0.25, -0.2) is 0 Å². The molecular weight excluding hydrogens is 310 g/mol. The van der Waals surface area contributed by atoms with Crippen molar-refractivity contribution in [1.29, 1.82) is 0 Å². The van der Waals surface area contributed by atoms with Gasteiger partial charge in [0.2, 0.25) is 5.91 Å². The Morgan fingerprint density at radius 1 is 1.35 bits per heavy atom. The number of thioether (sulfide) groups is 1. The second-order valence-corrected chi connectivity index (χ2v) is 6.99. The number of anilines is 1. The summed E-state index contributed by atoms with van der Waals surface area (Å²) >= 11 is 1.87. The van der Waals surface area contributed by atoms with Crippen molar-refractivity contribution in [3.63, 3.8) is 0 Å². The summed E-state index contributed by atoms with van der Waals surface area (Å²) in [6.07, 6.45) is 1.51. The van der Waals surface area contributed by atoms with E-state index < -0.39 is 6.04 Å². The van der Waals surface area contributed by atoms with Crippen LogP contribution in [-0.2, 0) is 4.79 Å². The van der Waals surface area contributed by atoms with Crippen molar-refractivity contribution in [3.05, 3.63) is 29.3 Å². The highest BCUT2D eigenvalue weighted by molar-refractivity contribution is 7.99. The maximum absolute atomic E-state index is 12.7. The topological polar surface area (TPSA) is 75.4 Å². The van der Waals surface area contributed by atoms with Crippen LogP contribution in [0.15, 0.2) is 18.2 Å². The lowest BCUT2D eigenvalue weighted by Crippen LogP contribution is -2.38. The molecule has 0 spiro atoms.